The van der Waals surface area contributed by atoms with E-state index in [0.29, 0.717) is 5.56 Å². The molecule has 6 nitrogen and oxygen atoms in total. The Bertz CT molecular complexity index is 1030. The fraction of sp³-hybridized carbons (Fsp3) is 0.105. The third kappa shape index (κ3) is 2.89. The lowest BCUT2D eigenvalue weighted by atomic mass is 10.1. The molecule has 4 rings (SSSR count). The monoisotopic (exact) mass is 331 g/mol. The lowest BCUT2D eigenvalue weighted by Crippen LogP contribution is -2.12. The Balaban J connectivity index is 1.59. The van der Waals surface area contributed by atoms with Gasteiger partial charge in [-0.3, -0.25) is 4.79 Å². The number of aromatic nitrogens is 4. The molecule has 0 spiro atoms. The van der Waals surface area contributed by atoms with Crippen LogP contribution >= 0.6 is 0 Å². The second-order valence-corrected chi connectivity index (χ2v) is 5.72. The Kier molecular flexibility index (Phi) is 3.78. The van der Waals surface area contributed by atoms with Crippen molar-refractivity contribution in [1.82, 2.24) is 19.3 Å². The number of hydrogen-bond donors (Lipinski definition) is 1. The normalized spacial score (nSPS) is 10.9. The number of nitrogens with zero attached hydrogens (tertiary/aromatic N) is 4. The molecule has 0 unspecified atom stereocenters. The molecule has 2 aromatic carbocycles. The number of carbonyl (C=O) groups is 1. The van der Waals surface area contributed by atoms with Gasteiger partial charge in [-0.2, -0.15) is 5.10 Å². The highest BCUT2D eigenvalue weighted by Crippen LogP contribution is 2.21. The molecule has 1 amide bonds. The molecule has 0 fully saturated rings. The van der Waals surface area contributed by atoms with Gasteiger partial charge in [-0.25, -0.2) is 9.67 Å². The van der Waals surface area contributed by atoms with Crippen molar-refractivity contribution < 1.29 is 4.79 Å². The van der Waals surface area contributed by atoms with Crippen molar-refractivity contribution in [2.24, 2.45) is 0 Å². The van der Waals surface area contributed by atoms with Crippen LogP contribution in [0.15, 0.2) is 67.4 Å². The summed E-state index contributed by atoms with van der Waals surface area (Å²) < 4.78 is 3.79. The van der Waals surface area contributed by atoms with E-state index in [4.69, 9.17) is 0 Å². The number of rotatable bonds is 4. The molecule has 2 aromatic heterocycles. The van der Waals surface area contributed by atoms with Gasteiger partial charge < -0.3 is 9.88 Å². The molecule has 0 saturated carbocycles. The zero-order valence-corrected chi connectivity index (χ0v) is 13.8. The first-order chi connectivity index (χ1) is 12.2. The van der Waals surface area contributed by atoms with E-state index in [9.17, 15) is 4.79 Å². The molecule has 0 bridgehead atoms. The second kappa shape index (κ2) is 6.24. The number of aryl methyl sites for hydroxylation is 1. The quantitative estimate of drug-likeness (QED) is 0.622. The van der Waals surface area contributed by atoms with Gasteiger partial charge in [0, 0.05) is 34.9 Å². The highest BCUT2D eigenvalue weighted by molar-refractivity contribution is 6.05. The molecule has 2 heterocycles. The minimum Gasteiger partial charge on any atom is -0.348 e. The number of nitrogens with one attached hydrogen (secondary N) is 1. The van der Waals surface area contributed by atoms with Gasteiger partial charge in [0.1, 0.15) is 12.7 Å². The Labute approximate surface area is 144 Å². The molecule has 124 valence electrons. The summed E-state index contributed by atoms with van der Waals surface area (Å²) in [7, 11) is 0. The summed E-state index contributed by atoms with van der Waals surface area (Å²) in [5, 5.41) is 8.15. The Morgan fingerprint density at radius 3 is 2.88 bits per heavy atom. The van der Waals surface area contributed by atoms with E-state index in [2.05, 4.69) is 39.2 Å². The van der Waals surface area contributed by atoms with Crippen molar-refractivity contribution in [2.75, 3.05) is 5.32 Å². The summed E-state index contributed by atoms with van der Waals surface area (Å²) >= 11 is 0. The zero-order chi connectivity index (χ0) is 17.2. The Morgan fingerprint density at radius 2 is 2.08 bits per heavy atom. The maximum Gasteiger partial charge on any atom is 0.255 e. The van der Waals surface area contributed by atoms with Gasteiger partial charge in [0.25, 0.3) is 5.91 Å². The van der Waals surface area contributed by atoms with Crippen LogP contribution in [0.1, 0.15) is 17.3 Å². The summed E-state index contributed by atoms with van der Waals surface area (Å²) in [5.74, 6) is -0.156. The highest BCUT2D eigenvalue weighted by Gasteiger charge is 2.09. The molecular weight excluding hydrogens is 314 g/mol. The van der Waals surface area contributed by atoms with Crippen molar-refractivity contribution in [3.8, 4) is 5.69 Å². The van der Waals surface area contributed by atoms with Crippen LogP contribution in [-0.4, -0.2) is 25.2 Å². The number of carbonyl (C=O) groups excluding carboxylic acids is 1. The van der Waals surface area contributed by atoms with Crippen LogP contribution in [0.25, 0.3) is 16.6 Å². The molecule has 0 atom stereocenters. The fourth-order valence-corrected chi connectivity index (χ4v) is 2.89. The predicted molar refractivity (Wildman–Crippen MR) is 96.9 cm³/mol. The van der Waals surface area contributed by atoms with Crippen LogP contribution in [0.5, 0.6) is 0 Å². The SMILES string of the molecule is CCn1ccc2cc(NC(=O)c3cccc(-n4cncn4)c3)ccc21. The maximum absolute atomic E-state index is 12.6. The van der Waals surface area contributed by atoms with Gasteiger partial charge >= 0.3 is 0 Å². The number of fused-ring (bicyclic) bond motifs is 1. The molecule has 0 aliphatic carbocycles. The predicted octanol–water partition coefficient (Wildman–Crippen LogP) is 3.49. The van der Waals surface area contributed by atoms with Crippen molar-refractivity contribution in [3.05, 3.63) is 72.9 Å². The van der Waals surface area contributed by atoms with Gasteiger partial charge in [-0.15, -0.1) is 0 Å². The minimum absolute atomic E-state index is 0.156. The standard InChI is InChI=1S/C19H17N5O/c1-2-23-9-8-14-10-16(6-7-18(14)23)22-19(25)15-4-3-5-17(11-15)24-13-20-12-21-24/h3-13H,2H2,1H3,(H,22,25). The molecule has 0 aliphatic rings. The molecule has 1 N–H and O–H groups in total. The summed E-state index contributed by atoms with van der Waals surface area (Å²) in [4.78, 5) is 16.5. The second-order valence-electron chi connectivity index (χ2n) is 5.72. The van der Waals surface area contributed by atoms with Crippen LogP contribution < -0.4 is 5.32 Å². The minimum atomic E-state index is -0.156. The van der Waals surface area contributed by atoms with Crippen LogP contribution in [0.2, 0.25) is 0 Å². The van der Waals surface area contributed by atoms with Crippen LogP contribution in [0.3, 0.4) is 0 Å². The summed E-state index contributed by atoms with van der Waals surface area (Å²) in [6.45, 7) is 3.03. The average Bonchev–Trinajstić information content (AvgIpc) is 3.31. The van der Waals surface area contributed by atoms with E-state index < -0.39 is 0 Å². The van der Waals surface area contributed by atoms with Crippen LogP contribution in [0.4, 0.5) is 5.69 Å². The third-order valence-electron chi connectivity index (χ3n) is 4.16. The fourth-order valence-electron chi connectivity index (χ4n) is 2.89. The largest absolute Gasteiger partial charge is 0.348 e. The first-order valence-electron chi connectivity index (χ1n) is 8.10. The number of amides is 1. The Hall–Kier alpha value is -3.41. The Morgan fingerprint density at radius 1 is 1.16 bits per heavy atom. The molecule has 0 aliphatic heterocycles. The zero-order valence-electron chi connectivity index (χ0n) is 13.8. The molecule has 6 heteroatoms. The van der Waals surface area contributed by atoms with E-state index in [1.165, 1.54) is 6.33 Å². The van der Waals surface area contributed by atoms with E-state index in [1.54, 1.807) is 23.1 Å². The van der Waals surface area contributed by atoms with E-state index in [-0.39, 0.29) is 5.91 Å². The molecule has 0 saturated heterocycles. The number of hydrogen-bond acceptors (Lipinski definition) is 3. The summed E-state index contributed by atoms with van der Waals surface area (Å²) in [6.07, 6.45) is 5.12. The van der Waals surface area contributed by atoms with Gasteiger partial charge in [0.15, 0.2) is 0 Å². The van der Waals surface area contributed by atoms with Crippen LogP contribution in [-0.2, 0) is 6.54 Å². The van der Waals surface area contributed by atoms with E-state index >= 15 is 0 Å². The maximum atomic E-state index is 12.6. The summed E-state index contributed by atoms with van der Waals surface area (Å²) in [5.41, 5.74) is 3.30. The molecule has 0 radical (unpaired) electrons. The average molecular weight is 331 g/mol. The van der Waals surface area contributed by atoms with Gasteiger partial charge in [0.2, 0.25) is 0 Å². The van der Waals surface area contributed by atoms with Crippen molar-refractivity contribution in [1.29, 1.82) is 0 Å². The summed E-state index contributed by atoms with van der Waals surface area (Å²) in [6, 6.07) is 15.3. The lowest BCUT2D eigenvalue weighted by molar-refractivity contribution is 0.102. The van der Waals surface area contributed by atoms with Gasteiger partial charge in [-0.1, -0.05) is 6.07 Å². The smallest absolute Gasteiger partial charge is 0.255 e. The first-order valence-corrected chi connectivity index (χ1v) is 8.10. The van der Waals surface area contributed by atoms with Crippen LogP contribution in [0, 0.1) is 0 Å². The van der Waals surface area contributed by atoms with Gasteiger partial charge in [0.05, 0.1) is 5.69 Å². The van der Waals surface area contributed by atoms with Crippen molar-refractivity contribution in [2.45, 2.75) is 13.5 Å². The number of anilines is 1. The topological polar surface area (TPSA) is 64.7 Å². The molecule has 4 aromatic rings. The first kappa shape index (κ1) is 15.1. The van der Waals surface area contributed by atoms with E-state index in [1.807, 2.05) is 30.3 Å². The molecule has 25 heavy (non-hydrogen) atoms. The van der Waals surface area contributed by atoms with E-state index in [0.717, 1.165) is 28.8 Å². The lowest BCUT2D eigenvalue weighted by Gasteiger charge is -2.08. The highest BCUT2D eigenvalue weighted by atomic mass is 16.1. The third-order valence-corrected chi connectivity index (χ3v) is 4.16. The van der Waals surface area contributed by atoms with Gasteiger partial charge in [-0.05, 0) is 49.4 Å². The van der Waals surface area contributed by atoms with Crippen molar-refractivity contribution in [3.63, 3.8) is 0 Å². The van der Waals surface area contributed by atoms with Crippen molar-refractivity contribution >= 4 is 22.5 Å². The number of benzene rings is 2. The molecular formula is C19H17N5O.